The fraction of sp³-hybridized carbons (Fsp3) is 0.105. The van der Waals surface area contributed by atoms with Crippen molar-refractivity contribution in [2.45, 2.75) is 0 Å². The zero-order valence-electron chi connectivity index (χ0n) is 13.9. The van der Waals surface area contributed by atoms with Gasteiger partial charge in [-0.3, -0.25) is 14.2 Å². The Balaban J connectivity index is 2.06. The van der Waals surface area contributed by atoms with Crippen molar-refractivity contribution in [3.63, 3.8) is 0 Å². The quantitative estimate of drug-likeness (QED) is 0.526. The van der Waals surface area contributed by atoms with E-state index in [2.05, 4.69) is 4.98 Å². The summed E-state index contributed by atoms with van der Waals surface area (Å²) in [7, 11) is 3.56. The highest BCUT2D eigenvalue weighted by molar-refractivity contribution is 5.91. The number of nitrogens with zero attached hydrogens (tertiary/aromatic N) is 4. The van der Waals surface area contributed by atoms with E-state index in [1.807, 2.05) is 30.3 Å². The van der Waals surface area contributed by atoms with Gasteiger partial charge in [0.05, 0.1) is 21.8 Å². The number of fused-ring (bicyclic) bond motifs is 2. The van der Waals surface area contributed by atoms with Gasteiger partial charge in [-0.2, -0.15) is 0 Å². The van der Waals surface area contributed by atoms with E-state index in [1.54, 1.807) is 54.3 Å². The molecular formula is C19H16N4O2. The molecule has 25 heavy (non-hydrogen) atoms. The fourth-order valence-corrected chi connectivity index (χ4v) is 2.92. The number of hydrogen-bond acceptors (Lipinski definition) is 4. The summed E-state index contributed by atoms with van der Waals surface area (Å²) in [6.07, 6.45) is 3.38. The molecule has 0 amide bonds. The summed E-state index contributed by atoms with van der Waals surface area (Å²) in [4.78, 5) is 30.0. The van der Waals surface area contributed by atoms with Crippen LogP contribution in [0.25, 0.3) is 27.5 Å². The standard InChI is InChI=1S/C19H16N4O2/c1-21(2)23-11-9-17-15(19(23)25)12-14-16(20-17)8-10-22(18(14)24)13-6-4-3-5-7-13/h3-12H,1-2H3. The van der Waals surface area contributed by atoms with E-state index in [4.69, 9.17) is 0 Å². The minimum atomic E-state index is -0.202. The summed E-state index contributed by atoms with van der Waals surface area (Å²) >= 11 is 0. The third-order valence-corrected chi connectivity index (χ3v) is 4.19. The zero-order valence-corrected chi connectivity index (χ0v) is 13.9. The smallest absolute Gasteiger partial charge is 0.278 e. The molecule has 0 aliphatic rings. The van der Waals surface area contributed by atoms with Crippen molar-refractivity contribution in [2.24, 2.45) is 0 Å². The van der Waals surface area contributed by atoms with E-state index < -0.39 is 0 Å². The molecule has 0 saturated carbocycles. The van der Waals surface area contributed by atoms with Gasteiger partial charge < -0.3 is 5.01 Å². The van der Waals surface area contributed by atoms with Crippen LogP contribution in [0.4, 0.5) is 0 Å². The predicted octanol–water partition coefficient (Wildman–Crippen LogP) is 1.90. The van der Waals surface area contributed by atoms with E-state index in [0.29, 0.717) is 21.8 Å². The van der Waals surface area contributed by atoms with Gasteiger partial charge in [-0.25, -0.2) is 9.66 Å². The second-order valence-electron chi connectivity index (χ2n) is 5.99. The second kappa shape index (κ2) is 5.59. The van der Waals surface area contributed by atoms with Crippen LogP contribution in [0.3, 0.4) is 0 Å². The first kappa shape index (κ1) is 15.1. The molecule has 6 heteroatoms. The number of rotatable bonds is 2. The van der Waals surface area contributed by atoms with Crippen molar-refractivity contribution in [2.75, 3.05) is 19.1 Å². The van der Waals surface area contributed by atoms with E-state index in [1.165, 1.54) is 4.68 Å². The summed E-state index contributed by atoms with van der Waals surface area (Å²) in [5.41, 5.74) is 1.52. The van der Waals surface area contributed by atoms with Gasteiger partial charge >= 0.3 is 0 Å². The van der Waals surface area contributed by atoms with Crippen molar-refractivity contribution in [3.8, 4) is 5.69 Å². The molecule has 6 nitrogen and oxygen atoms in total. The highest BCUT2D eigenvalue weighted by Crippen LogP contribution is 2.15. The van der Waals surface area contributed by atoms with Gasteiger partial charge in [0.1, 0.15) is 0 Å². The Bertz CT molecular complexity index is 1210. The summed E-state index contributed by atoms with van der Waals surface area (Å²) in [5, 5.41) is 2.53. The zero-order chi connectivity index (χ0) is 17.6. The lowest BCUT2D eigenvalue weighted by Crippen LogP contribution is -2.35. The number of para-hydroxylation sites is 1. The third-order valence-electron chi connectivity index (χ3n) is 4.19. The first-order valence-electron chi connectivity index (χ1n) is 7.87. The molecule has 4 rings (SSSR count). The van der Waals surface area contributed by atoms with Gasteiger partial charge in [-0.15, -0.1) is 0 Å². The molecule has 3 aromatic heterocycles. The van der Waals surface area contributed by atoms with Crippen LogP contribution in [0, 0.1) is 0 Å². The maximum absolute atomic E-state index is 12.9. The highest BCUT2D eigenvalue weighted by Gasteiger charge is 2.11. The Hall–Kier alpha value is -3.41. The van der Waals surface area contributed by atoms with Crippen LogP contribution in [0.1, 0.15) is 0 Å². The van der Waals surface area contributed by atoms with E-state index in [9.17, 15) is 9.59 Å². The Kier molecular flexibility index (Phi) is 3.39. The van der Waals surface area contributed by atoms with Gasteiger partial charge in [-0.1, -0.05) is 18.2 Å². The minimum absolute atomic E-state index is 0.197. The van der Waals surface area contributed by atoms with Crippen LogP contribution in [-0.2, 0) is 0 Å². The van der Waals surface area contributed by atoms with Crippen molar-refractivity contribution in [1.82, 2.24) is 14.2 Å². The van der Waals surface area contributed by atoms with Gasteiger partial charge in [0.2, 0.25) is 0 Å². The van der Waals surface area contributed by atoms with E-state index in [-0.39, 0.29) is 11.1 Å². The molecule has 0 fully saturated rings. The number of hydrogen-bond donors (Lipinski definition) is 0. The molecule has 0 spiro atoms. The molecule has 0 atom stereocenters. The van der Waals surface area contributed by atoms with Crippen LogP contribution in [0.5, 0.6) is 0 Å². The number of pyridine rings is 3. The lowest BCUT2D eigenvalue weighted by Gasteiger charge is -2.16. The van der Waals surface area contributed by atoms with Crippen LogP contribution >= 0.6 is 0 Å². The Morgan fingerprint density at radius 2 is 1.48 bits per heavy atom. The lowest BCUT2D eigenvalue weighted by molar-refractivity contribution is 0.706. The number of aromatic nitrogens is 3. The molecule has 124 valence electrons. The molecule has 0 aliphatic heterocycles. The Labute approximate surface area is 143 Å². The van der Waals surface area contributed by atoms with Gasteiger partial charge in [0.25, 0.3) is 11.1 Å². The van der Waals surface area contributed by atoms with Crippen molar-refractivity contribution < 1.29 is 0 Å². The van der Waals surface area contributed by atoms with Gasteiger partial charge in [0, 0.05) is 32.2 Å². The van der Waals surface area contributed by atoms with Gasteiger partial charge in [0.15, 0.2) is 0 Å². The minimum Gasteiger partial charge on any atom is -0.316 e. The second-order valence-corrected chi connectivity index (χ2v) is 5.99. The van der Waals surface area contributed by atoms with Crippen molar-refractivity contribution in [3.05, 3.63) is 81.6 Å². The first-order valence-corrected chi connectivity index (χ1v) is 7.87. The summed E-state index contributed by atoms with van der Waals surface area (Å²) < 4.78 is 3.04. The summed E-state index contributed by atoms with van der Waals surface area (Å²) in [5.74, 6) is 0. The summed E-state index contributed by atoms with van der Waals surface area (Å²) in [6, 6.07) is 14.6. The Morgan fingerprint density at radius 3 is 2.16 bits per heavy atom. The Morgan fingerprint density at radius 1 is 0.840 bits per heavy atom. The average molecular weight is 332 g/mol. The average Bonchev–Trinajstić information content (AvgIpc) is 2.62. The monoisotopic (exact) mass is 332 g/mol. The topological polar surface area (TPSA) is 60.1 Å². The molecule has 1 aromatic carbocycles. The molecule has 0 bridgehead atoms. The number of benzene rings is 1. The van der Waals surface area contributed by atoms with Crippen LogP contribution in [0.15, 0.2) is 70.5 Å². The van der Waals surface area contributed by atoms with Crippen LogP contribution in [0.2, 0.25) is 0 Å². The highest BCUT2D eigenvalue weighted by atomic mass is 16.1. The maximum Gasteiger partial charge on any atom is 0.278 e. The maximum atomic E-state index is 12.9. The first-order chi connectivity index (χ1) is 12.1. The third kappa shape index (κ3) is 2.39. The normalized spacial score (nSPS) is 11.1. The van der Waals surface area contributed by atoms with E-state index >= 15 is 0 Å². The van der Waals surface area contributed by atoms with Crippen LogP contribution in [-0.4, -0.2) is 28.3 Å². The molecule has 0 saturated heterocycles. The van der Waals surface area contributed by atoms with Crippen molar-refractivity contribution in [1.29, 1.82) is 0 Å². The van der Waals surface area contributed by atoms with Gasteiger partial charge in [-0.05, 0) is 30.3 Å². The molecule has 0 radical (unpaired) electrons. The van der Waals surface area contributed by atoms with Crippen molar-refractivity contribution >= 4 is 21.8 Å². The van der Waals surface area contributed by atoms with E-state index in [0.717, 1.165) is 5.69 Å². The van der Waals surface area contributed by atoms with Crippen LogP contribution < -0.4 is 16.1 Å². The molecule has 0 N–H and O–H groups in total. The molecule has 4 aromatic rings. The molecule has 3 heterocycles. The molecule has 0 unspecified atom stereocenters. The summed E-state index contributed by atoms with van der Waals surface area (Å²) in [6.45, 7) is 0. The fourth-order valence-electron chi connectivity index (χ4n) is 2.92. The largest absolute Gasteiger partial charge is 0.316 e. The SMILES string of the molecule is CN(C)n1ccc2nc3ccn(-c4ccccc4)c(=O)c3cc2c1=O. The predicted molar refractivity (Wildman–Crippen MR) is 99.2 cm³/mol. The lowest BCUT2D eigenvalue weighted by atomic mass is 10.2. The molecule has 0 aliphatic carbocycles. The molecular weight excluding hydrogens is 316 g/mol.